The predicted octanol–water partition coefficient (Wildman–Crippen LogP) is 1.67. The van der Waals surface area contributed by atoms with Crippen molar-refractivity contribution in [2.24, 2.45) is 0 Å². The summed E-state index contributed by atoms with van der Waals surface area (Å²) in [5, 5.41) is 27.2. The van der Waals surface area contributed by atoms with Crippen molar-refractivity contribution in [3.05, 3.63) is 28.8 Å². The number of aliphatic hydroxyl groups is 1. The van der Waals surface area contributed by atoms with Crippen molar-refractivity contribution >= 4 is 0 Å². The fourth-order valence-electron chi connectivity index (χ4n) is 1.28. The molecule has 1 unspecified atom stereocenters. The standard InChI is InChI=1S/C11H13NO2/c1-7-3-9(8(2)6-13)4-10(5-12)11(7)14/h3-4,8,13-14H,6H2,1-2H3. The highest BCUT2D eigenvalue weighted by atomic mass is 16.3. The number of rotatable bonds is 2. The normalized spacial score (nSPS) is 12.1. The molecule has 0 aliphatic rings. The average molecular weight is 191 g/mol. The maximum absolute atomic E-state index is 9.49. The van der Waals surface area contributed by atoms with Crippen molar-refractivity contribution in [1.82, 2.24) is 0 Å². The van der Waals surface area contributed by atoms with Crippen LogP contribution in [0.5, 0.6) is 5.75 Å². The molecule has 2 N–H and O–H groups in total. The second kappa shape index (κ2) is 4.12. The zero-order chi connectivity index (χ0) is 10.7. The molecule has 0 spiro atoms. The number of hydrogen-bond donors (Lipinski definition) is 2. The fraction of sp³-hybridized carbons (Fsp3) is 0.364. The van der Waals surface area contributed by atoms with E-state index in [2.05, 4.69) is 0 Å². The molecule has 1 aromatic rings. The van der Waals surface area contributed by atoms with Gasteiger partial charge >= 0.3 is 0 Å². The number of nitrogens with zero attached hydrogens (tertiary/aromatic N) is 1. The summed E-state index contributed by atoms with van der Waals surface area (Å²) < 4.78 is 0. The van der Waals surface area contributed by atoms with Crippen LogP contribution in [0.2, 0.25) is 0 Å². The SMILES string of the molecule is Cc1cc(C(C)CO)cc(C#N)c1O. The topological polar surface area (TPSA) is 64.2 Å². The van der Waals surface area contributed by atoms with Gasteiger partial charge in [0.05, 0.1) is 5.56 Å². The lowest BCUT2D eigenvalue weighted by Gasteiger charge is -2.11. The quantitative estimate of drug-likeness (QED) is 0.747. The number of hydrogen-bond acceptors (Lipinski definition) is 3. The van der Waals surface area contributed by atoms with Crippen molar-refractivity contribution in [2.45, 2.75) is 19.8 Å². The van der Waals surface area contributed by atoms with E-state index >= 15 is 0 Å². The molecule has 0 aliphatic carbocycles. The molecule has 0 bridgehead atoms. The van der Waals surface area contributed by atoms with Gasteiger partial charge in [-0.3, -0.25) is 0 Å². The first-order valence-corrected chi connectivity index (χ1v) is 4.44. The van der Waals surface area contributed by atoms with E-state index in [1.54, 1.807) is 19.1 Å². The molecule has 1 aromatic carbocycles. The summed E-state index contributed by atoms with van der Waals surface area (Å²) in [6.45, 7) is 3.64. The highest BCUT2D eigenvalue weighted by Crippen LogP contribution is 2.26. The second-order valence-electron chi connectivity index (χ2n) is 3.43. The second-order valence-corrected chi connectivity index (χ2v) is 3.43. The minimum Gasteiger partial charge on any atom is -0.506 e. The van der Waals surface area contributed by atoms with E-state index in [1.165, 1.54) is 0 Å². The Bertz CT molecular complexity index is 380. The molecule has 0 fully saturated rings. The van der Waals surface area contributed by atoms with Crippen LogP contribution < -0.4 is 0 Å². The number of phenols is 1. The van der Waals surface area contributed by atoms with E-state index in [9.17, 15) is 5.11 Å². The molecule has 1 rings (SSSR count). The summed E-state index contributed by atoms with van der Waals surface area (Å²) in [7, 11) is 0. The van der Waals surface area contributed by atoms with Gasteiger partial charge < -0.3 is 10.2 Å². The molecule has 0 amide bonds. The number of aliphatic hydroxyl groups excluding tert-OH is 1. The van der Waals surface area contributed by atoms with Gasteiger partial charge in [0.1, 0.15) is 11.8 Å². The van der Waals surface area contributed by atoms with Crippen molar-refractivity contribution in [3.63, 3.8) is 0 Å². The molecular formula is C11H13NO2. The lowest BCUT2D eigenvalue weighted by Crippen LogP contribution is -2.00. The smallest absolute Gasteiger partial charge is 0.136 e. The van der Waals surface area contributed by atoms with Crippen LogP contribution in [0, 0.1) is 18.3 Å². The Hall–Kier alpha value is -1.53. The van der Waals surface area contributed by atoms with Crippen LogP contribution in [0.25, 0.3) is 0 Å². The molecule has 3 heteroatoms. The van der Waals surface area contributed by atoms with E-state index in [-0.39, 0.29) is 23.8 Å². The van der Waals surface area contributed by atoms with Crippen molar-refractivity contribution in [3.8, 4) is 11.8 Å². The fourth-order valence-corrected chi connectivity index (χ4v) is 1.28. The van der Waals surface area contributed by atoms with Gasteiger partial charge in [0, 0.05) is 12.5 Å². The number of nitriles is 1. The summed E-state index contributed by atoms with van der Waals surface area (Å²) in [4.78, 5) is 0. The molecular weight excluding hydrogens is 178 g/mol. The van der Waals surface area contributed by atoms with Crippen LogP contribution in [0.15, 0.2) is 12.1 Å². The zero-order valence-electron chi connectivity index (χ0n) is 8.28. The first-order chi connectivity index (χ1) is 6.60. The van der Waals surface area contributed by atoms with Gasteiger partial charge in [0.15, 0.2) is 0 Å². The van der Waals surface area contributed by atoms with Crippen LogP contribution in [0.4, 0.5) is 0 Å². The van der Waals surface area contributed by atoms with Gasteiger partial charge in [-0.25, -0.2) is 0 Å². The summed E-state index contributed by atoms with van der Waals surface area (Å²) in [6.07, 6.45) is 0. The van der Waals surface area contributed by atoms with Crippen LogP contribution in [-0.2, 0) is 0 Å². The molecule has 0 saturated carbocycles. The van der Waals surface area contributed by atoms with E-state index in [4.69, 9.17) is 10.4 Å². The summed E-state index contributed by atoms with van der Waals surface area (Å²) in [6, 6.07) is 5.33. The molecule has 0 aliphatic heterocycles. The van der Waals surface area contributed by atoms with E-state index in [1.807, 2.05) is 13.0 Å². The minimum atomic E-state index is -0.0126. The maximum Gasteiger partial charge on any atom is 0.136 e. The Balaban J connectivity index is 3.24. The Kier molecular flexibility index (Phi) is 3.10. The van der Waals surface area contributed by atoms with Crippen molar-refractivity contribution < 1.29 is 10.2 Å². The molecule has 0 saturated heterocycles. The van der Waals surface area contributed by atoms with E-state index in [0.717, 1.165) is 5.56 Å². The van der Waals surface area contributed by atoms with Gasteiger partial charge in [-0.1, -0.05) is 13.0 Å². The predicted molar refractivity (Wildman–Crippen MR) is 53.1 cm³/mol. The third kappa shape index (κ3) is 1.86. The lowest BCUT2D eigenvalue weighted by molar-refractivity contribution is 0.273. The molecule has 1 atom stereocenters. The van der Waals surface area contributed by atoms with Crippen LogP contribution in [0.1, 0.15) is 29.5 Å². The highest BCUT2D eigenvalue weighted by molar-refractivity contribution is 5.50. The summed E-state index contributed by atoms with van der Waals surface area (Å²) in [5.74, 6) is 0.0165. The molecule has 3 nitrogen and oxygen atoms in total. The third-order valence-electron chi connectivity index (χ3n) is 2.29. The van der Waals surface area contributed by atoms with E-state index in [0.29, 0.717) is 5.56 Å². The monoisotopic (exact) mass is 191 g/mol. The van der Waals surface area contributed by atoms with Gasteiger partial charge in [-0.05, 0) is 24.1 Å². The number of aryl methyl sites for hydroxylation is 1. The number of phenolic OH excluding ortho intramolecular Hbond substituents is 1. The molecule has 0 aromatic heterocycles. The van der Waals surface area contributed by atoms with Gasteiger partial charge in [-0.2, -0.15) is 5.26 Å². The Morgan fingerprint density at radius 2 is 2.14 bits per heavy atom. The van der Waals surface area contributed by atoms with Gasteiger partial charge in [-0.15, -0.1) is 0 Å². The largest absolute Gasteiger partial charge is 0.506 e. The van der Waals surface area contributed by atoms with Crippen LogP contribution >= 0.6 is 0 Å². The van der Waals surface area contributed by atoms with Crippen molar-refractivity contribution in [2.75, 3.05) is 6.61 Å². The summed E-state index contributed by atoms with van der Waals surface area (Å²) >= 11 is 0. The highest BCUT2D eigenvalue weighted by Gasteiger charge is 2.10. The lowest BCUT2D eigenvalue weighted by atomic mass is 9.97. The minimum absolute atomic E-state index is 0.0126. The van der Waals surface area contributed by atoms with Gasteiger partial charge in [0.2, 0.25) is 0 Å². The first-order valence-electron chi connectivity index (χ1n) is 4.44. The first kappa shape index (κ1) is 10.6. The number of benzene rings is 1. The van der Waals surface area contributed by atoms with Gasteiger partial charge in [0.25, 0.3) is 0 Å². The molecule has 14 heavy (non-hydrogen) atoms. The Morgan fingerprint density at radius 1 is 1.50 bits per heavy atom. The average Bonchev–Trinajstić information content (AvgIpc) is 2.20. The maximum atomic E-state index is 9.49. The number of aromatic hydroxyl groups is 1. The summed E-state index contributed by atoms with van der Waals surface area (Å²) in [5.41, 5.74) is 1.80. The zero-order valence-corrected chi connectivity index (χ0v) is 8.28. The Morgan fingerprint density at radius 3 is 2.64 bits per heavy atom. The molecule has 0 heterocycles. The van der Waals surface area contributed by atoms with Crippen LogP contribution in [-0.4, -0.2) is 16.8 Å². The Labute approximate surface area is 83.2 Å². The third-order valence-corrected chi connectivity index (χ3v) is 2.29. The molecule has 74 valence electrons. The van der Waals surface area contributed by atoms with Crippen LogP contribution in [0.3, 0.4) is 0 Å². The molecule has 0 radical (unpaired) electrons. The van der Waals surface area contributed by atoms with Crippen molar-refractivity contribution in [1.29, 1.82) is 5.26 Å². The van der Waals surface area contributed by atoms with E-state index < -0.39 is 0 Å².